The molecule has 2 aromatic rings. The lowest BCUT2D eigenvalue weighted by molar-refractivity contribution is 0.122. The lowest BCUT2D eigenvalue weighted by atomic mass is 10.1. The van der Waals surface area contributed by atoms with Gasteiger partial charge in [0.05, 0.1) is 13.2 Å². The maximum absolute atomic E-state index is 5.96. The van der Waals surface area contributed by atoms with Crippen LogP contribution in [0.25, 0.3) is 0 Å². The van der Waals surface area contributed by atoms with E-state index in [4.69, 9.17) is 16.3 Å². The highest BCUT2D eigenvalue weighted by molar-refractivity contribution is 6.28. The maximum atomic E-state index is 5.96. The van der Waals surface area contributed by atoms with Crippen LogP contribution in [0.1, 0.15) is 11.1 Å². The van der Waals surface area contributed by atoms with Gasteiger partial charge in [-0.15, -0.1) is 0 Å². The Morgan fingerprint density at radius 3 is 2.65 bits per heavy atom. The number of aromatic nitrogens is 2. The van der Waals surface area contributed by atoms with E-state index in [1.54, 1.807) is 0 Å². The Hall–Kier alpha value is -1.65. The molecule has 0 amide bonds. The van der Waals surface area contributed by atoms with Crippen molar-refractivity contribution in [2.75, 3.05) is 31.2 Å². The molecule has 0 bridgehead atoms. The predicted octanol–water partition coefficient (Wildman–Crippen LogP) is 2.56. The third kappa shape index (κ3) is 3.08. The normalized spacial score (nSPS) is 15.3. The molecule has 0 aliphatic carbocycles. The van der Waals surface area contributed by atoms with Gasteiger partial charge in [0, 0.05) is 31.3 Å². The molecule has 0 spiro atoms. The van der Waals surface area contributed by atoms with Crippen LogP contribution in [0.2, 0.25) is 5.28 Å². The predicted molar refractivity (Wildman–Crippen MR) is 79.3 cm³/mol. The van der Waals surface area contributed by atoms with E-state index in [1.165, 1.54) is 5.56 Å². The zero-order valence-corrected chi connectivity index (χ0v) is 11.9. The molecule has 1 aromatic carbocycles. The van der Waals surface area contributed by atoms with Crippen molar-refractivity contribution in [3.05, 3.63) is 52.9 Å². The summed E-state index contributed by atoms with van der Waals surface area (Å²) in [6, 6.07) is 10.3. The van der Waals surface area contributed by atoms with E-state index in [1.807, 2.05) is 24.4 Å². The van der Waals surface area contributed by atoms with Crippen LogP contribution in [0.4, 0.5) is 5.82 Å². The van der Waals surface area contributed by atoms with Gasteiger partial charge in [-0.05, 0) is 17.2 Å². The summed E-state index contributed by atoms with van der Waals surface area (Å²) in [5.41, 5.74) is 2.34. The second-order valence-corrected chi connectivity index (χ2v) is 5.09. The Balaban J connectivity index is 1.89. The Morgan fingerprint density at radius 2 is 1.90 bits per heavy atom. The first-order chi connectivity index (χ1) is 9.83. The molecule has 4 nitrogen and oxygen atoms in total. The molecule has 1 saturated heterocycles. The zero-order chi connectivity index (χ0) is 13.8. The monoisotopic (exact) mass is 289 g/mol. The van der Waals surface area contributed by atoms with E-state index < -0.39 is 0 Å². The summed E-state index contributed by atoms with van der Waals surface area (Å²) in [7, 11) is 0. The molecule has 0 atom stereocenters. The number of hydrogen-bond acceptors (Lipinski definition) is 4. The van der Waals surface area contributed by atoms with Gasteiger partial charge in [-0.1, -0.05) is 30.3 Å². The van der Waals surface area contributed by atoms with Crippen molar-refractivity contribution in [3.63, 3.8) is 0 Å². The van der Waals surface area contributed by atoms with Gasteiger partial charge >= 0.3 is 0 Å². The molecule has 0 saturated carbocycles. The van der Waals surface area contributed by atoms with Crippen molar-refractivity contribution < 1.29 is 4.74 Å². The minimum Gasteiger partial charge on any atom is -0.378 e. The molecule has 1 aromatic heterocycles. The largest absolute Gasteiger partial charge is 0.378 e. The van der Waals surface area contributed by atoms with Gasteiger partial charge in [-0.3, -0.25) is 0 Å². The molecule has 20 heavy (non-hydrogen) atoms. The lowest BCUT2D eigenvalue weighted by Gasteiger charge is -2.29. The van der Waals surface area contributed by atoms with E-state index >= 15 is 0 Å². The third-order valence-electron chi connectivity index (χ3n) is 3.36. The molecule has 1 aliphatic heterocycles. The second kappa shape index (κ2) is 6.20. The van der Waals surface area contributed by atoms with Gasteiger partial charge in [-0.25, -0.2) is 9.97 Å². The van der Waals surface area contributed by atoms with E-state index in [9.17, 15) is 0 Å². The summed E-state index contributed by atoms with van der Waals surface area (Å²) in [5.74, 6) is 0.928. The summed E-state index contributed by atoms with van der Waals surface area (Å²) in [6.45, 7) is 3.14. The molecule has 0 unspecified atom stereocenters. The Kier molecular flexibility index (Phi) is 4.14. The number of rotatable bonds is 3. The van der Waals surface area contributed by atoms with Gasteiger partial charge in [-0.2, -0.15) is 0 Å². The van der Waals surface area contributed by atoms with Gasteiger partial charge < -0.3 is 9.64 Å². The van der Waals surface area contributed by atoms with Crippen LogP contribution < -0.4 is 4.90 Å². The SMILES string of the molecule is Clc1ncc(Cc2ccccc2)c(N2CCOCC2)n1. The number of benzene rings is 1. The third-order valence-corrected chi connectivity index (χ3v) is 3.54. The van der Waals surface area contributed by atoms with Crippen molar-refractivity contribution in [3.8, 4) is 0 Å². The fourth-order valence-electron chi connectivity index (χ4n) is 2.37. The van der Waals surface area contributed by atoms with Crippen molar-refractivity contribution in [2.24, 2.45) is 0 Å². The fourth-order valence-corrected chi connectivity index (χ4v) is 2.50. The number of halogens is 1. The molecular formula is C15H16ClN3O. The van der Waals surface area contributed by atoms with Crippen LogP contribution in [0.3, 0.4) is 0 Å². The Labute approximate surface area is 123 Å². The van der Waals surface area contributed by atoms with E-state index in [0.29, 0.717) is 5.28 Å². The number of morpholine rings is 1. The van der Waals surface area contributed by atoms with E-state index in [0.717, 1.165) is 44.1 Å². The smallest absolute Gasteiger partial charge is 0.224 e. The van der Waals surface area contributed by atoms with Gasteiger partial charge in [0.25, 0.3) is 0 Å². The number of ether oxygens (including phenoxy) is 1. The van der Waals surface area contributed by atoms with Crippen molar-refractivity contribution >= 4 is 17.4 Å². The number of nitrogens with zero attached hydrogens (tertiary/aromatic N) is 3. The van der Waals surface area contributed by atoms with Gasteiger partial charge in [0.1, 0.15) is 5.82 Å². The molecule has 104 valence electrons. The number of anilines is 1. The Morgan fingerprint density at radius 1 is 1.15 bits per heavy atom. The molecule has 3 rings (SSSR count). The van der Waals surface area contributed by atoms with E-state index in [-0.39, 0.29) is 0 Å². The van der Waals surface area contributed by atoms with Crippen molar-refractivity contribution in [2.45, 2.75) is 6.42 Å². The minimum atomic E-state index is 0.295. The molecule has 5 heteroatoms. The molecular weight excluding hydrogens is 274 g/mol. The van der Waals surface area contributed by atoms with Crippen LogP contribution in [0, 0.1) is 0 Å². The summed E-state index contributed by atoms with van der Waals surface area (Å²) in [6.07, 6.45) is 2.64. The van der Waals surface area contributed by atoms with Gasteiger partial charge in [0.15, 0.2) is 0 Å². The maximum Gasteiger partial charge on any atom is 0.224 e. The summed E-state index contributed by atoms with van der Waals surface area (Å²) >= 11 is 5.96. The van der Waals surface area contributed by atoms with Crippen LogP contribution in [-0.4, -0.2) is 36.3 Å². The summed E-state index contributed by atoms with van der Waals surface area (Å²) < 4.78 is 5.39. The van der Waals surface area contributed by atoms with Crippen LogP contribution in [-0.2, 0) is 11.2 Å². The first kappa shape index (κ1) is 13.3. The standard InChI is InChI=1S/C15H16ClN3O/c16-15-17-11-13(10-12-4-2-1-3-5-12)14(18-15)19-6-8-20-9-7-19/h1-5,11H,6-10H2. The van der Waals surface area contributed by atoms with Gasteiger partial charge in [0.2, 0.25) is 5.28 Å². The summed E-state index contributed by atoms with van der Waals surface area (Å²) in [4.78, 5) is 10.8. The lowest BCUT2D eigenvalue weighted by Crippen LogP contribution is -2.37. The fraction of sp³-hybridized carbons (Fsp3) is 0.333. The van der Waals surface area contributed by atoms with Crippen LogP contribution >= 0.6 is 11.6 Å². The molecule has 1 aliphatic rings. The molecule has 1 fully saturated rings. The topological polar surface area (TPSA) is 38.2 Å². The highest BCUT2D eigenvalue weighted by Gasteiger charge is 2.17. The first-order valence-corrected chi connectivity index (χ1v) is 7.09. The minimum absolute atomic E-state index is 0.295. The van der Waals surface area contributed by atoms with Crippen LogP contribution in [0.5, 0.6) is 0 Å². The highest BCUT2D eigenvalue weighted by atomic mass is 35.5. The zero-order valence-electron chi connectivity index (χ0n) is 11.1. The quantitative estimate of drug-likeness (QED) is 0.814. The van der Waals surface area contributed by atoms with Crippen molar-refractivity contribution in [1.82, 2.24) is 9.97 Å². The second-order valence-electron chi connectivity index (χ2n) is 4.75. The van der Waals surface area contributed by atoms with Crippen LogP contribution in [0.15, 0.2) is 36.5 Å². The molecule has 0 N–H and O–H groups in total. The summed E-state index contributed by atoms with van der Waals surface area (Å²) in [5, 5.41) is 0.295. The number of hydrogen-bond donors (Lipinski definition) is 0. The molecule has 0 radical (unpaired) electrons. The van der Waals surface area contributed by atoms with Crippen molar-refractivity contribution in [1.29, 1.82) is 0 Å². The average molecular weight is 290 g/mol. The first-order valence-electron chi connectivity index (χ1n) is 6.71. The highest BCUT2D eigenvalue weighted by Crippen LogP contribution is 2.22. The molecule has 2 heterocycles. The van der Waals surface area contributed by atoms with E-state index in [2.05, 4.69) is 27.0 Å². The average Bonchev–Trinajstić information content (AvgIpc) is 2.51. The Bertz CT molecular complexity index is 571.